The van der Waals surface area contributed by atoms with Gasteiger partial charge in [-0.15, -0.1) is 24.8 Å². The van der Waals surface area contributed by atoms with Crippen molar-refractivity contribution in [2.45, 2.75) is 26.5 Å². The fourth-order valence-electron chi connectivity index (χ4n) is 2.26. The summed E-state index contributed by atoms with van der Waals surface area (Å²) in [6, 6.07) is 18.5. The minimum absolute atomic E-state index is 0. The lowest BCUT2D eigenvalue weighted by Crippen LogP contribution is -2.21. The molecule has 0 heterocycles. The maximum absolute atomic E-state index is 5.97. The fraction of sp³-hybridized carbons (Fsp3) is 0.368. The third-order valence-corrected chi connectivity index (χ3v) is 3.48. The lowest BCUT2D eigenvalue weighted by molar-refractivity contribution is 0.302. The van der Waals surface area contributed by atoms with Gasteiger partial charge in [-0.1, -0.05) is 55.5 Å². The SMILES string of the molecule is CCNCCCNCc1ccccc1OCc1ccccc1.Cl.Cl. The van der Waals surface area contributed by atoms with E-state index in [1.54, 1.807) is 0 Å². The van der Waals surface area contributed by atoms with Crippen molar-refractivity contribution in [3.05, 3.63) is 65.7 Å². The van der Waals surface area contributed by atoms with E-state index in [0.717, 1.165) is 38.3 Å². The molecule has 0 radical (unpaired) electrons. The summed E-state index contributed by atoms with van der Waals surface area (Å²) >= 11 is 0. The molecule has 3 nitrogen and oxygen atoms in total. The number of ether oxygens (including phenoxy) is 1. The van der Waals surface area contributed by atoms with E-state index >= 15 is 0 Å². The first-order valence-electron chi connectivity index (χ1n) is 8.06. The third kappa shape index (κ3) is 8.55. The van der Waals surface area contributed by atoms with Crippen LogP contribution in [0.15, 0.2) is 54.6 Å². The summed E-state index contributed by atoms with van der Waals surface area (Å²) in [4.78, 5) is 0. The summed E-state index contributed by atoms with van der Waals surface area (Å²) in [7, 11) is 0. The van der Waals surface area contributed by atoms with Crippen molar-refractivity contribution in [1.82, 2.24) is 10.6 Å². The van der Waals surface area contributed by atoms with Crippen LogP contribution in [-0.4, -0.2) is 19.6 Å². The first kappa shape index (κ1) is 22.7. The summed E-state index contributed by atoms with van der Waals surface area (Å²) in [5.74, 6) is 0.963. The molecule has 0 fully saturated rings. The van der Waals surface area contributed by atoms with E-state index < -0.39 is 0 Å². The van der Waals surface area contributed by atoms with Crippen molar-refractivity contribution in [2.75, 3.05) is 19.6 Å². The van der Waals surface area contributed by atoms with Gasteiger partial charge in [-0.3, -0.25) is 0 Å². The second-order valence-electron chi connectivity index (χ2n) is 5.27. The van der Waals surface area contributed by atoms with Crippen LogP contribution in [0.2, 0.25) is 0 Å². The first-order chi connectivity index (χ1) is 10.9. The van der Waals surface area contributed by atoms with Crippen LogP contribution in [0.1, 0.15) is 24.5 Å². The maximum atomic E-state index is 5.97. The number of benzene rings is 2. The molecule has 0 aliphatic heterocycles. The molecule has 0 unspecified atom stereocenters. The monoisotopic (exact) mass is 370 g/mol. The van der Waals surface area contributed by atoms with Gasteiger partial charge in [0.15, 0.2) is 0 Å². The molecule has 0 spiro atoms. The summed E-state index contributed by atoms with van der Waals surface area (Å²) in [6.07, 6.45) is 1.14. The number of hydrogen-bond acceptors (Lipinski definition) is 3. The Bertz CT molecular complexity index is 538. The molecule has 2 aromatic rings. The molecular weight excluding hydrogens is 343 g/mol. The first-order valence-corrected chi connectivity index (χ1v) is 8.06. The highest BCUT2D eigenvalue weighted by Crippen LogP contribution is 2.19. The van der Waals surface area contributed by atoms with E-state index in [4.69, 9.17) is 4.74 Å². The van der Waals surface area contributed by atoms with Crippen molar-refractivity contribution in [3.8, 4) is 5.75 Å². The summed E-state index contributed by atoms with van der Waals surface area (Å²) in [6.45, 7) is 6.70. The molecule has 2 rings (SSSR count). The number of nitrogens with one attached hydrogen (secondary N) is 2. The molecule has 0 amide bonds. The van der Waals surface area contributed by atoms with Crippen LogP contribution < -0.4 is 15.4 Å². The minimum atomic E-state index is 0. The molecule has 0 atom stereocenters. The highest BCUT2D eigenvalue weighted by molar-refractivity contribution is 5.85. The van der Waals surface area contributed by atoms with Crippen molar-refractivity contribution in [3.63, 3.8) is 0 Å². The van der Waals surface area contributed by atoms with Crippen LogP contribution in [-0.2, 0) is 13.2 Å². The predicted octanol–water partition coefficient (Wildman–Crippen LogP) is 4.20. The summed E-state index contributed by atoms with van der Waals surface area (Å²) in [5.41, 5.74) is 2.40. The van der Waals surface area contributed by atoms with Gasteiger partial charge in [0.2, 0.25) is 0 Å². The molecule has 0 saturated carbocycles. The molecule has 24 heavy (non-hydrogen) atoms. The van der Waals surface area contributed by atoms with Gasteiger partial charge in [-0.05, 0) is 37.7 Å². The molecule has 0 aromatic heterocycles. The van der Waals surface area contributed by atoms with Gasteiger partial charge in [0.25, 0.3) is 0 Å². The number of halogens is 2. The van der Waals surface area contributed by atoms with E-state index in [9.17, 15) is 0 Å². The zero-order valence-electron chi connectivity index (χ0n) is 14.2. The van der Waals surface area contributed by atoms with Gasteiger partial charge in [0, 0.05) is 12.1 Å². The largest absolute Gasteiger partial charge is 0.489 e. The normalized spacial score (nSPS) is 9.71. The Labute approximate surface area is 158 Å². The lowest BCUT2D eigenvalue weighted by atomic mass is 10.2. The molecule has 2 aromatic carbocycles. The molecule has 0 aliphatic rings. The third-order valence-electron chi connectivity index (χ3n) is 3.48. The molecule has 0 saturated heterocycles. The molecule has 0 bridgehead atoms. The standard InChI is InChI=1S/C19H26N2O.2ClH/c1-2-20-13-8-14-21-15-18-11-6-7-12-19(18)22-16-17-9-4-3-5-10-17;;/h3-7,9-12,20-21H,2,8,13-16H2,1H3;2*1H. The second-order valence-corrected chi connectivity index (χ2v) is 5.27. The van der Waals surface area contributed by atoms with Gasteiger partial charge in [0.05, 0.1) is 0 Å². The van der Waals surface area contributed by atoms with Crippen LogP contribution in [0.25, 0.3) is 0 Å². The fourth-order valence-corrected chi connectivity index (χ4v) is 2.26. The van der Waals surface area contributed by atoms with Crippen LogP contribution in [0.3, 0.4) is 0 Å². The van der Waals surface area contributed by atoms with Crippen molar-refractivity contribution < 1.29 is 4.74 Å². The smallest absolute Gasteiger partial charge is 0.124 e. The topological polar surface area (TPSA) is 33.3 Å². The number of hydrogen-bond donors (Lipinski definition) is 2. The highest BCUT2D eigenvalue weighted by atomic mass is 35.5. The highest BCUT2D eigenvalue weighted by Gasteiger charge is 2.03. The van der Waals surface area contributed by atoms with E-state index in [1.165, 1.54) is 11.1 Å². The molecular formula is C19H28Cl2N2O. The molecule has 134 valence electrons. The van der Waals surface area contributed by atoms with Gasteiger partial charge in [0.1, 0.15) is 12.4 Å². The van der Waals surface area contributed by atoms with E-state index in [0.29, 0.717) is 6.61 Å². The Morgan fingerprint density at radius 2 is 1.50 bits per heavy atom. The van der Waals surface area contributed by atoms with Crippen molar-refractivity contribution >= 4 is 24.8 Å². The average molecular weight is 371 g/mol. The zero-order chi connectivity index (χ0) is 15.5. The summed E-state index contributed by atoms with van der Waals surface area (Å²) < 4.78 is 5.97. The Hall–Kier alpha value is -1.26. The number of rotatable bonds is 10. The van der Waals surface area contributed by atoms with Crippen molar-refractivity contribution in [2.24, 2.45) is 0 Å². The lowest BCUT2D eigenvalue weighted by Gasteiger charge is -2.12. The van der Waals surface area contributed by atoms with E-state index in [-0.39, 0.29) is 24.8 Å². The zero-order valence-corrected chi connectivity index (χ0v) is 15.8. The van der Waals surface area contributed by atoms with Gasteiger partial charge in [-0.2, -0.15) is 0 Å². The predicted molar refractivity (Wildman–Crippen MR) is 107 cm³/mol. The summed E-state index contributed by atoms with van der Waals surface area (Å²) in [5, 5.41) is 6.81. The Morgan fingerprint density at radius 3 is 2.25 bits per heavy atom. The van der Waals surface area contributed by atoms with Crippen LogP contribution >= 0.6 is 24.8 Å². The molecule has 0 aliphatic carbocycles. The molecule has 2 N–H and O–H groups in total. The Kier molecular flexibility index (Phi) is 13.4. The quantitative estimate of drug-likeness (QED) is 0.614. The second kappa shape index (κ2) is 14.1. The van der Waals surface area contributed by atoms with Crippen LogP contribution in [0.5, 0.6) is 5.75 Å². The van der Waals surface area contributed by atoms with Gasteiger partial charge >= 0.3 is 0 Å². The minimum Gasteiger partial charge on any atom is -0.489 e. The Morgan fingerprint density at radius 1 is 0.833 bits per heavy atom. The Balaban J connectivity index is 0.00000264. The molecule has 5 heteroatoms. The van der Waals surface area contributed by atoms with Gasteiger partial charge < -0.3 is 15.4 Å². The van der Waals surface area contributed by atoms with Crippen LogP contribution in [0, 0.1) is 0 Å². The number of para-hydroxylation sites is 1. The maximum Gasteiger partial charge on any atom is 0.124 e. The average Bonchev–Trinajstić information content (AvgIpc) is 2.58. The van der Waals surface area contributed by atoms with Crippen molar-refractivity contribution in [1.29, 1.82) is 0 Å². The van der Waals surface area contributed by atoms with E-state index in [2.05, 4.69) is 41.8 Å². The van der Waals surface area contributed by atoms with E-state index in [1.807, 2.05) is 30.3 Å². The van der Waals surface area contributed by atoms with Crippen LogP contribution in [0.4, 0.5) is 0 Å². The van der Waals surface area contributed by atoms with Gasteiger partial charge in [-0.25, -0.2) is 0 Å².